The van der Waals surface area contributed by atoms with Crippen LogP contribution in [0.3, 0.4) is 0 Å². The normalized spacial score (nSPS) is 12.0. The minimum atomic E-state index is -0.276. The lowest BCUT2D eigenvalue weighted by atomic mass is 9.98. The van der Waals surface area contributed by atoms with Gasteiger partial charge in [-0.05, 0) is 94.4 Å². The summed E-state index contributed by atoms with van der Waals surface area (Å²) in [6.45, 7) is 12.7. The minimum absolute atomic E-state index is 0.276. The van der Waals surface area contributed by atoms with Gasteiger partial charge in [-0.15, -0.1) is 0 Å². The van der Waals surface area contributed by atoms with Gasteiger partial charge in [-0.25, -0.2) is 4.39 Å². The first kappa shape index (κ1) is 31.7. The quantitative estimate of drug-likeness (QED) is 0.174. The van der Waals surface area contributed by atoms with E-state index in [9.17, 15) is 4.39 Å². The zero-order valence-corrected chi connectivity index (χ0v) is 23.4. The Kier molecular flexibility index (Phi) is 14.8. The third kappa shape index (κ3) is 12.0. The third-order valence-electron chi connectivity index (χ3n) is 5.47. The Bertz CT molecular complexity index is 1070. The van der Waals surface area contributed by atoms with Crippen molar-refractivity contribution in [1.29, 1.82) is 0 Å². The molecule has 202 valence electrons. The summed E-state index contributed by atoms with van der Waals surface area (Å²) in [6.07, 6.45) is 5.78. The molecule has 4 N–H and O–H groups in total. The highest BCUT2D eigenvalue weighted by atomic mass is 19.1. The van der Waals surface area contributed by atoms with Crippen LogP contribution >= 0.6 is 0 Å². The molecular weight excluding hydrogens is 465 g/mol. The maximum absolute atomic E-state index is 13.4. The largest absolute Gasteiger partial charge is 0.493 e. The van der Waals surface area contributed by atoms with Gasteiger partial charge in [0.1, 0.15) is 17.4 Å². The van der Waals surface area contributed by atoms with Crippen LogP contribution in [0.15, 0.2) is 70.7 Å². The SMILES string of the molecule is C=C(/C=C\C(C)=NC)CN=C(N)c1cc(-c2ccc(F)cc2)cc(OCCCN(C)C)c1C.CCCN. The second kappa shape index (κ2) is 17.2. The molecule has 2 aromatic carbocycles. The highest BCUT2D eigenvalue weighted by Gasteiger charge is 2.13. The van der Waals surface area contributed by atoms with Gasteiger partial charge in [-0.3, -0.25) is 9.98 Å². The second-order valence-corrected chi connectivity index (χ2v) is 9.01. The van der Waals surface area contributed by atoms with Crippen LogP contribution in [0, 0.1) is 12.7 Å². The van der Waals surface area contributed by atoms with E-state index in [1.807, 2.05) is 52.2 Å². The predicted octanol–water partition coefficient (Wildman–Crippen LogP) is 5.40. The summed E-state index contributed by atoms with van der Waals surface area (Å²) in [6, 6.07) is 10.3. The van der Waals surface area contributed by atoms with E-state index < -0.39 is 0 Å². The Hall–Kier alpha value is -3.29. The summed E-state index contributed by atoms with van der Waals surface area (Å²) in [5.74, 6) is 0.879. The number of hydrogen-bond donors (Lipinski definition) is 2. The van der Waals surface area contributed by atoms with Gasteiger partial charge >= 0.3 is 0 Å². The van der Waals surface area contributed by atoms with E-state index >= 15 is 0 Å². The average molecular weight is 510 g/mol. The highest BCUT2D eigenvalue weighted by Crippen LogP contribution is 2.30. The van der Waals surface area contributed by atoms with E-state index in [0.29, 0.717) is 19.0 Å². The number of nitrogens with two attached hydrogens (primary N) is 2. The van der Waals surface area contributed by atoms with Gasteiger partial charge in [-0.1, -0.05) is 31.7 Å². The lowest BCUT2D eigenvalue weighted by molar-refractivity contribution is 0.280. The molecule has 0 heterocycles. The van der Waals surface area contributed by atoms with Crippen molar-refractivity contribution in [3.05, 3.63) is 77.6 Å². The topological polar surface area (TPSA) is 89.2 Å². The number of hydrogen-bond acceptors (Lipinski definition) is 5. The molecule has 0 amide bonds. The summed E-state index contributed by atoms with van der Waals surface area (Å²) in [4.78, 5) is 10.8. The summed E-state index contributed by atoms with van der Waals surface area (Å²) in [5.41, 5.74) is 16.6. The second-order valence-electron chi connectivity index (χ2n) is 9.01. The molecule has 0 radical (unpaired) electrons. The zero-order valence-electron chi connectivity index (χ0n) is 23.4. The lowest BCUT2D eigenvalue weighted by Crippen LogP contribution is -2.18. The van der Waals surface area contributed by atoms with Crippen LogP contribution in [-0.4, -0.2) is 63.8 Å². The molecule has 0 fully saturated rings. The van der Waals surface area contributed by atoms with E-state index in [1.54, 1.807) is 19.2 Å². The molecule has 0 spiro atoms. The van der Waals surface area contributed by atoms with Gasteiger partial charge in [0, 0.05) is 30.4 Å². The number of nitrogens with zero attached hydrogens (tertiary/aromatic N) is 3. The zero-order chi connectivity index (χ0) is 27.8. The molecule has 2 aromatic rings. The Labute approximate surface area is 222 Å². The Balaban J connectivity index is 0.00000159. The van der Waals surface area contributed by atoms with Crippen LogP contribution in [0.1, 0.15) is 37.8 Å². The van der Waals surface area contributed by atoms with Crippen LogP contribution in [-0.2, 0) is 0 Å². The minimum Gasteiger partial charge on any atom is -0.493 e. The molecule has 0 unspecified atom stereocenters. The fraction of sp³-hybridized carbons (Fsp3) is 0.400. The Morgan fingerprint density at radius 2 is 1.78 bits per heavy atom. The fourth-order valence-corrected chi connectivity index (χ4v) is 3.11. The van der Waals surface area contributed by atoms with Gasteiger partial charge in [0.15, 0.2) is 0 Å². The summed E-state index contributed by atoms with van der Waals surface area (Å²) in [5, 5.41) is 0. The van der Waals surface area contributed by atoms with Crippen molar-refractivity contribution in [3.63, 3.8) is 0 Å². The fourth-order valence-electron chi connectivity index (χ4n) is 3.11. The van der Waals surface area contributed by atoms with Crippen LogP contribution in [0.25, 0.3) is 11.1 Å². The van der Waals surface area contributed by atoms with Gasteiger partial charge < -0.3 is 21.1 Å². The summed E-state index contributed by atoms with van der Waals surface area (Å²) in [7, 11) is 5.82. The van der Waals surface area contributed by atoms with E-state index in [-0.39, 0.29) is 5.82 Å². The molecule has 7 heteroatoms. The molecule has 0 aliphatic rings. The standard InChI is InChI=1S/C27H35FN4O.C3H9N/c1-19(8-9-20(2)30-4)18-31-27(29)25-16-23(22-10-12-24(28)13-11-22)17-26(21(25)3)33-15-7-14-32(5)6;1-2-3-4/h8-13,16-17H,1,7,14-15,18H2,2-6H3,(H2,29,31);2-4H2,1H3/b9-8-,30-20?;. The first-order chi connectivity index (χ1) is 17.6. The van der Waals surface area contributed by atoms with Crippen LogP contribution < -0.4 is 16.2 Å². The van der Waals surface area contributed by atoms with Gasteiger partial charge in [-0.2, -0.15) is 0 Å². The van der Waals surface area contributed by atoms with Crippen LogP contribution in [0.5, 0.6) is 5.75 Å². The number of rotatable bonds is 12. The van der Waals surface area contributed by atoms with Crippen LogP contribution in [0.4, 0.5) is 4.39 Å². The third-order valence-corrected chi connectivity index (χ3v) is 5.47. The lowest BCUT2D eigenvalue weighted by Gasteiger charge is -2.16. The molecule has 0 aromatic heterocycles. The molecule has 37 heavy (non-hydrogen) atoms. The highest BCUT2D eigenvalue weighted by molar-refractivity contribution is 6.00. The Morgan fingerprint density at radius 3 is 2.35 bits per heavy atom. The van der Waals surface area contributed by atoms with E-state index in [4.69, 9.17) is 16.2 Å². The monoisotopic (exact) mass is 509 g/mol. The molecule has 0 aliphatic carbocycles. The number of amidine groups is 1. The number of allylic oxidation sites excluding steroid dienone is 1. The molecule has 0 aliphatic heterocycles. The maximum Gasteiger partial charge on any atom is 0.126 e. The van der Waals surface area contributed by atoms with E-state index in [1.165, 1.54) is 12.1 Å². The first-order valence-electron chi connectivity index (χ1n) is 12.6. The van der Waals surface area contributed by atoms with Crippen molar-refractivity contribution in [2.45, 2.75) is 33.6 Å². The van der Waals surface area contributed by atoms with Gasteiger partial charge in [0.25, 0.3) is 0 Å². The summed E-state index contributed by atoms with van der Waals surface area (Å²) < 4.78 is 19.6. The molecular formula is C30H44FN5O. The number of aliphatic imine (C=N–C) groups is 2. The van der Waals surface area contributed by atoms with Crippen molar-refractivity contribution < 1.29 is 9.13 Å². The smallest absolute Gasteiger partial charge is 0.126 e. The van der Waals surface area contributed by atoms with Crippen molar-refractivity contribution in [2.24, 2.45) is 21.5 Å². The van der Waals surface area contributed by atoms with Gasteiger partial charge in [0.05, 0.1) is 13.2 Å². The van der Waals surface area contributed by atoms with Gasteiger partial charge in [0.2, 0.25) is 0 Å². The Morgan fingerprint density at radius 1 is 1.14 bits per heavy atom. The first-order valence-corrected chi connectivity index (χ1v) is 12.6. The van der Waals surface area contributed by atoms with E-state index in [2.05, 4.69) is 28.4 Å². The predicted molar refractivity (Wildman–Crippen MR) is 157 cm³/mol. The molecule has 6 nitrogen and oxygen atoms in total. The average Bonchev–Trinajstić information content (AvgIpc) is 2.89. The van der Waals surface area contributed by atoms with Crippen molar-refractivity contribution in [3.8, 4) is 16.9 Å². The molecule has 0 saturated carbocycles. The number of halogens is 1. The maximum atomic E-state index is 13.4. The number of ether oxygens (including phenoxy) is 1. The van der Waals surface area contributed by atoms with Crippen LogP contribution in [0.2, 0.25) is 0 Å². The van der Waals surface area contributed by atoms with Crippen molar-refractivity contribution >= 4 is 11.5 Å². The molecule has 0 bridgehead atoms. The van der Waals surface area contributed by atoms with Crippen molar-refractivity contribution in [1.82, 2.24) is 4.90 Å². The van der Waals surface area contributed by atoms with E-state index in [0.717, 1.165) is 65.2 Å². The van der Waals surface area contributed by atoms with Crippen molar-refractivity contribution in [2.75, 3.05) is 47.4 Å². The number of benzene rings is 2. The molecule has 0 saturated heterocycles. The molecule has 2 rings (SSSR count). The molecule has 0 atom stereocenters. The summed E-state index contributed by atoms with van der Waals surface area (Å²) >= 11 is 0.